The second kappa shape index (κ2) is 8.44. The minimum absolute atomic E-state index is 0.232. The molecule has 1 unspecified atom stereocenters. The summed E-state index contributed by atoms with van der Waals surface area (Å²) in [6.07, 6.45) is 3.61. The van der Waals surface area contributed by atoms with E-state index < -0.39 is 0 Å². The Kier molecular flexibility index (Phi) is 7.21. The van der Waals surface area contributed by atoms with Gasteiger partial charge in [0, 0.05) is 11.8 Å². The second-order valence-corrected chi connectivity index (χ2v) is 6.10. The first kappa shape index (κ1) is 15.4. The van der Waals surface area contributed by atoms with E-state index >= 15 is 0 Å². The molecule has 0 aliphatic heterocycles. The first-order valence-electron chi connectivity index (χ1n) is 6.61. The SMILES string of the molecule is CSC(C)CCNCc1cccc(OC(C)C)c1. The molecule has 0 saturated heterocycles. The number of benzene rings is 1. The van der Waals surface area contributed by atoms with Gasteiger partial charge in [-0.2, -0.15) is 11.8 Å². The number of nitrogens with one attached hydrogen (secondary N) is 1. The van der Waals surface area contributed by atoms with Crippen molar-refractivity contribution in [3.05, 3.63) is 29.8 Å². The smallest absolute Gasteiger partial charge is 0.120 e. The predicted molar refractivity (Wildman–Crippen MR) is 81.5 cm³/mol. The van der Waals surface area contributed by atoms with Crippen molar-refractivity contribution >= 4 is 11.8 Å². The van der Waals surface area contributed by atoms with Crippen molar-refractivity contribution in [1.29, 1.82) is 0 Å². The first-order chi connectivity index (χ1) is 8.61. The molecule has 18 heavy (non-hydrogen) atoms. The quantitative estimate of drug-likeness (QED) is 0.726. The number of hydrogen-bond donors (Lipinski definition) is 1. The van der Waals surface area contributed by atoms with Crippen LogP contribution >= 0.6 is 11.8 Å². The van der Waals surface area contributed by atoms with Gasteiger partial charge in [0.1, 0.15) is 5.75 Å². The normalized spacial score (nSPS) is 12.7. The van der Waals surface area contributed by atoms with Gasteiger partial charge in [0.05, 0.1) is 6.10 Å². The van der Waals surface area contributed by atoms with E-state index in [-0.39, 0.29) is 6.10 Å². The van der Waals surface area contributed by atoms with Gasteiger partial charge >= 0.3 is 0 Å². The molecule has 1 rings (SSSR count). The fourth-order valence-electron chi connectivity index (χ4n) is 1.66. The molecule has 0 saturated carbocycles. The number of ether oxygens (including phenoxy) is 1. The summed E-state index contributed by atoms with van der Waals surface area (Å²) in [5.41, 5.74) is 1.28. The summed E-state index contributed by atoms with van der Waals surface area (Å²) in [6, 6.07) is 8.32. The topological polar surface area (TPSA) is 21.3 Å². The molecule has 2 nitrogen and oxygen atoms in total. The predicted octanol–water partition coefficient (Wildman–Crippen LogP) is 3.71. The first-order valence-corrected chi connectivity index (χ1v) is 7.89. The number of thioether (sulfide) groups is 1. The van der Waals surface area contributed by atoms with E-state index in [2.05, 4.69) is 50.5 Å². The lowest BCUT2D eigenvalue weighted by Gasteiger charge is -2.12. The van der Waals surface area contributed by atoms with E-state index in [1.54, 1.807) is 0 Å². The van der Waals surface area contributed by atoms with E-state index in [0.29, 0.717) is 0 Å². The van der Waals surface area contributed by atoms with Crippen molar-refractivity contribution in [1.82, 2.24) is 5.32 Å². The van der Waals surface area contributed by atoms with Crippen LogP contribution in [0.5, 0.6) is 5.75 Å². The molecule has 102 valence electrons. The molecule has 0 spiro atoms. The summed E-state index contributed by atoms with van der Waals surface area (Å²) in [6.45, 7) is 8.35. The van der Waals surface area contributed by atoms with E-state index in [0.717, 1.165) is 24.1 Å². The van der Waals surface area contributed by atoms with Gasteiger partial charge in [0.2, 0.25) is 0 Å². The van der Waals surface area contributed by atoms with Crippen molar-refractivity contribution in [3.63, 3.8) is 0 Å². The summed E-state index contributed by atoms with van der Waals surface area (Å²) < 4.78 is 5.69. The van der Waals surface area contributed by atoms with Crippen LogP contribution in [0.15, 0.2) is 24.3 Å². The maximum absolute atomic E-state index is 5.69. The molecule has 1 aromatic rings. The Morgan fingerprint density at radius 1 is 1.28 bits per heavy atom. The highest BCUT2D eigenvalue weighted by Crippen LogP contribution is 2.15. The Bertz CT molecular complexity index is 341. The highest BCUT2D eigenvalue weighted by atomic mass is 32.2. The standard InChI is InChI=1S/C15H25NOS/c1-12(2)17-15-7-5-6-14(10-15)11-16-9-8-13(3)18-4/h5-7,10,12-13,16H,8-9,11H2,1-4H3. The summed E-state index contributed by atoms with van der Waals surface area (Å²) >= 11 is 1.92. The number of rotatable bonds is 8. The van der Waals surface area contributed by atoms with E-state index in [9.17, 15) is 0 Å². The Balaban J connectivity index is 2.33. The van der Waals surface area contributed by atoms with Crippen molar-refractivity contribution < 1.29 is 4.74 Å². The summed E-state index contributed by atoms with van der Waals surface area (Å²) in [4.78, 5) is 0. The van der Waals surface area contributed by atoms with Crippen LogP contribution in [-0.2, 0) is 6.54 Å². The highest BCUT2D eigenvalue weighted by molar-refractivity contribution is 7.99. The molecule has 0 bridgehead atoms. The molecule has 1 N–H and O–H groups in total. The third-order valence-electron chi connectivity index (χ3n) is 2.73. The highest BCUT2D eigenvalue weighted by Gasteiger charge is 2.01. The lowest BCUT2D eigenvalue weighted by molar-refractivity contribution is 0.242. The minimum Gasteiger partial charge on any atom is -0.491 e. The van der Waals surface area contributed by atoms with Gasteiger partial charge in [0.25, 0.3) is 0 Å². The Hall–Kier alpha value is -0.670. The zero-order chi connectivity index (χ0) is 13.4. The molecule has 0 heterocycles. The van der Waals surface area contributed by atoms with Crippen LogP contribution in [0.2, 0.25) is 0 Å². The lowest BCUT2D eigenvalue weighted by atomic mass is 10.2. The Morgan fingerprint density at radius 2 is 2.06 bits per heavy atom. The zero-order valence-corrected chi connectivity index (χ0v) is 12.7. The third kappa shape index (κ3) is 6.31. The summed E-state index contributed by atoms with van der Waals surface area (Å²) in [5, 5.41) is 4.21. The van der Waals surface area contributed by atoms with Gasteiger partial charge in [0.15, 0.2) is 0 Å². The van der Waals surface area contributed by atoms with E-state index in [1.807, 2.05) is 17.8 Å². The van der Waals surface area contributed by atoms with Gasteiger partial charge in [-0.25, -0.2) is 0 Å². The zero-order valence-electron chi connectivity index (χ0n) is 11.9. The van der Waals surface area contributed by atoms with Gasteiger partial charge in [-0.05, 0) is 50.8 Å². The molecule has 0 amide bonds. The fraction of sp³-hybridized carbons (Fsp3) is 0.600. The van der Waals surface area contributed by atoms with Crippen LogP contribution in [0.4, 0.5) is 0 Å². The third-order valence-corrected chi connectivity index (χ3v) is 3.77. The average molecular weight is 267 g/mol. The molecule has 0 fully saturated rings. The van der Waals surface area contributed by atoms with Crippen molar-refractivity contribution in [3.8, 4) is 5.75 Å². The molecular weight excluding hydrogens is 242 g/mol. The summed E-state index contributed by atoms with van der Waals surface area (Å²) in [5.74, 6) is 0.960. The van der Waals surface area contributed by atoms with Crippen molar-refractivity contribution in [2.75, 3.05) is 12.8 Å². The monoisotopic (exact) mass is 267 g/mol. The molecule has 1 atom stereocenters. The van der Waals surface area contributed by atoms with E-state index in [4.69, 9.17) is 4.74 Å². The van der Waals surface area contributed by atoms with Gasteiger partial charge in [-0.1, -0.05) is 19.1 Å². The van der Waals surface area contributed by atoms with Gasteiger partial charge < -0.3 is 10.1 Å². The van der Waals surface area contributed by atoms with Crippen LogP contribution in [0.1, 0.15) is 32.8 Å². The second-order valence-electron chi connectivity index (χ2n) is 4.83. The fourth-order valence-corrected chi connectivity index (χ4v) is 2.01. The summed E-state index contributed by atoms with van der Waals surface area (Å²) in [7, 11) is 0. The molecule has 0 radical (unpaired) electrons. The van der Waals surface area contributed by atoms with Crippen molar-refractivity contribution in [2.45, 2.75) is 45.1 Å². The number of hydrogen-bond acceptors (Lipinski definition) is 3. The van der Waals surface area contributed by atoms with Gasteiger partial charge in [-0.15, -0.1) is 0 Å². The Labute approximate surface area is 116 Å². The molecule has 3 heteroatoms. The molecule has 0 aliphatic carbocycles. The van der Waals surface area contributed by atoms with Crippen LogP contribution in [0, 0.1) is 0 Å². The van der Waals surface area contributed by atoms with Crippen molar-refractivity contribution in [2.24, 2.45) is 0 Å². The molecule has 0 aliphatic rings. The Morgan fingerprint density at radius 3 is 2.72 bits per heavy atom. The van der Waals surface area contributed by atoms with Crippen LogP contribution < -0.4 is 10.1 Å². The van der Waals surface area contributed by atoms with Crippen LogP contribution in [0.25, 0.3) is 0 Å². The largest absolute Gasteiger partial charge is 0.491 e. The minimum atomic E-state index is 0.232. The van der Waals surface area contributed by atoms with E-state index in [1.165, 1.54) is 12.0 Å². The van der Waals surface area contributed by atoms with Crippen LogP contribution in [0.3, 0.4) is 0 Å². The molecule has 1 aromatic carbocycles. The molecular formula is C15H25NOS. The molecule has 0 aromatic heterocycles. The lowest BCUT2D eigenvalue weighted by Crippen LogP contribution is -2.17. The maximum Gasteiger partial charge on any atom is 0.120 e. The average Bonchev–Trinajstić information content (AvgIpc) is 2.34. The van der Waals surface area contributed by atoms with Crippen LogP contribution in [-0.4, -0.2) is 24.2 Å². The maximum atomic E-state index is 5.69. The van der Waals surface area contributed by atoms with Gasteiger partial charge in [-0.3, -0.25) is 0 Å².